The van der Waals surface area contributed by atoms with Crippen molar-refractivity contribution in [1.82, 2.24) is 9.62 Å². The third-order valence-corrected chi connectivity index (χ3v) is 7.17. The van der Waals surface area contributed by atoms with Gasteiger partial charge in [-0.2, -0.15) is 0 Å². The summed E-state index contributed by atoms with van der Waals surface area (Å²) >= 11 is 0. The van der Waals surface area contributed by atoms with Gasteiger partial charge in [0.05, 0.1) is 6.26 Å². The molecule has 3 unspecified atom stereocenters. The van der Waals surface area contributed by atoms with E-state index in [0.29, 0.717) is 18.4 Å². The van der Waals surface area contributed by atoms with Gasteiger partial charge in [-0.25, -0.2) is 13.1 Å². The Bertz CT molecular complexity index is 801. The molecule has 4 rings (SSSR count). The molecule has 1 aromatic rings. The molecule has 1 saturated heterocycles. The maximum absolute atomic E-state index is 13.0. The van der Waals surface area contributed by atoms with Crippen molar-refractivity contribution in [3.8, 4) is 0 Å². The molecule has 148 valence electrons. The number of rotatable bonds is 5. The van der Waals surface area contributed by atoms with Gasteiger partial charge in [-0.05, 0) is 55.1 Å². The second-order valence-electron chi connectivity index (χ2n) is 8.57. The van der Waals surface area contributed by atoms with Gasteiger partial charge in [0.15, 0.2) is 0 Å². The van der Waals surface area contributed by atoms with E-state index in [1.54, 1.807) is 0 Å². The van der Waals surface area contributed by atoms with Crippen molar-refractivity contribution < 1.29 is 13.2 Å². The summed E-state index contributed by atoms with van der Waals surface area (Å²) < 4.78 is 25.7. The van der Waals surface area contributed by atoms with Crippen LogP contribution in [-0.2, 0) is 14.8 Å². The van der Waals surface area contributed by atoms with Gasteiger partial charge in [0.2, 0.25) is 15.9 Å². The normalized spacial score (nSPS) is 29.1. The molecule has 1 amide bonds. The molecule has 0 aromatic heterocycles. The molecule has 5 nitrogen and oxygen atoms in total. The summed E-state index contributed by atoms with van der Waals surface area (Å²) in [6.07, 6.45) is 8.95. The van der Waals surface area contributed by atoms with Crippen molar-refractivity contribution in [2.24, 2.45) is 5.92 Å². The minimum absolute atomic E-state index is 0.0736. The van der Waals surface area contributed by atoms with Crippen molar-refractivity contribution in [2.45, 2.75) is 62.8 Å². The van der Waals surface area contributed by atoms with Crippen LogP contribution in [0, 0.1) is 5.92 Å². The minimum atomic E-state index is -3.23. The first-order chi connectivity index (χ1) is 12.9. The van der Waals surface area contributed by atoms with Gasteiger partial charge in [0.1, 0.15) is 0 Å². The number of amides is 1. The molecular weight excluding hydrogens is 360 g/mol. The van der Waals surface area contributed by atoms with Gasteiger partial charge in [-0.3, -0.25) is 4.79 Å². The molecule has 1 aliphatic heterocycles. The number of benzene rings is 1. The molecule has 0 spiro atoms. The Morgan fingerprint density at radius 1 is 1.07 bits per heavy atom. The summed E-state index contributed by atoms with van der Waals surface area (Å²) in [4.78, 5) is 14.9. The molecule has 2 aliphatic carbocycles. The highest BCUT2D eigenvalue weighted by Gasteiger charge is 2.47. The van der Waals surface area contributed by atoms with E-state index in [1.165, 1.54) is 43.1 Å². The highest BCUT2D eigenvalue weighted by molar-refractivity contribution is 7.88. The topological polar surface area (TPSA) is 66.5 Å². The van der Waals surface area contributed by atoms with Crippen LogP contribution in [0.3, 0.4) is 0 Å². The van der Waals surface area contributed by atoms with Crippen molar-refractivity contribution in [1.29, 1.82) is 0 Å². The number of nitrogens with zero attached hydrogens (tertiary/aromatic N) is 1. The number of piperidine rings is 1. The lowest BCUT2D eigenvalue weighted by atomic mass is 9.90. The zero-order chi connectivity index (χ0) is 19.0. The molecule has 1 aromatic carbocycles. The molecule has 6 heteroatoms. The summed E-state index contributed by atoms with van der Waals surface area (Å²) in [7, 11) is -3.23. The number of nitrogens with one attached hydrogen (secondary N) is 1. The van der Waals surface area contributed by atoms with Crippen LogP contribution < -0.4 is 4.72 Å². The van der Waals surface area contributed by atoms with Crippen molar-refractivity contribution in [2.75, 3.05) is 19.3 Å². The lowest BCUT2D eigenvalue weighted by Crippen LogP contribution is -2.49. The van der Waals surface area contributed by atoms with Gasteiger partial charge in [-0.15, -0.1) is 0 Å². The van der Waals surface area contributed by atoms with Gasteiger partial charge in [0.25, 0.3) is 0 Å². The molecular formula is C21H30N2O3S. The number of hydrogen-bond acceptors (Lipinski definition) is 3. The van der Waals surface area contributed by atoms with E-state index in [4.69, 9.17) is 0 Å². The van der Waals surface area contributed by atoms with Crippen LogP contribution in [0.5, 0.6) is 0 Å². The molecule has 1 heterocycles. The number of carbonyl (C=O) groups is 1. The quantitative estimate of drug-likeness (QED) is 0.840. The van der Waals surface area contributed by atoms with E-state index in [2.05, 4.69) is 29.0 Å². The maximum atomic E-state index is 13.0. The fraction of sp³-hybridized carbons (Fsp3) is 0.667. The standard InChI is InChI=1S/C21H30N2O3S/c1-27(25,26)22-16-9-6-12-23(14-16)21(24)20-13-19(20)18-11-5-4-10-17(18)15-7-2-3-8-15/h4-5,10-11,15-16,19-20,22H,2-3,6-9,12-14H2,1H3. The third kappa shape index (κ3) is 4.37. The van der Waals surface area contributed by atoms with Gasteiger partial charge in [0, 0.05) is 25.0 Å². The third-order valence-electron chi connectivity index (χ3n) is 6.41. The van der Waals surface area contributed by atoms with Gasteiger partial charge in [-0.1, -0.05) is 37.1 Å². The molecule has 2 saturated carbocycles. The van der Waals surface area contributed by atoms with Gasteiger partial charge < -0.3 is 4.90 Å². The first-order valence-corrected chi connectivity index (χ1v) is 12.2. The van der Waals surface area contributed by atoms with E-state index in [1.807, 2.05) is 4.90 Å². The Kier molecular flexibility index (Phi) is 5.30. The van der Waals surface area contributed by atoms with Gasteiger partial charge >= 0.3 is 0 Å². The first-order valence-electron chi connectivity index (χ1n) is 10.3. The van der Waals surface area contributed by atoms with Crippen LogP contribution in [0.15, 0.2) is 24.3 Å². The number of carbonyl (C=O) groups excluding carboxylic acids is 1. The highest BCUT2D eigenvalue weighted by atomic mass is 32.2. The summed E-state index contributed by atoms with van der Waals surface area (Å²) in [5.41, 5.74) is 2.84. The van der Waals surface area contributed by atoms with Crippen LogP contribution in [0.2, 0.25) is 0 Å². The van der Waals surface area contributed by atoms with Crippen LogP contribution in [0.1, 0.15) is 67.9 Å². The number of sulfonamides is 1. The second kappa shape index (κ2) is 7.55. The average Bonchev–Trinajstić information content (AvgIpc) is 3.24. The van der Waals surface area contributed by atoms with E-state index in [0.717, 1.165) is 25.8 Å². The van der Waals surface area contributed by atoms with Crippen molar-refractivity contribution in [3.63, 3.8) is 0 Å². The SMILES string of the molecule is CS(=O)(=O)NC1CCCN(C(=O)C2CC2c2ccccc2C2CCCC2)C1. The summed E-state index contributed by atoms with van der Waals surface area (Å²) in [5.74, 6) is 1.29. The first kappa shape index (κ1) is 18.9. The predicted molar refractivity (Wildman–Crippen MR) is 106 cm³/mol. The fourth-order valence-corrected chi connectivity index (χ4v) is 5.88. The van der Waals surface area contributed by atoms with E-state index in [-0.39, 0.29) is 17.9 Å². The monoisotopic (exact) mass is 390 g/mol. The van der Waals surface area contributed by atoms with Crippen molar-refractivity contribution >= 4 is 15.9 Å². The fourth-order valence-electron chi connectivity index (χ4n) is 5.08. The predicted octanol–water partition coefficient (Wildman–Crippen LogP) is 2.99. The molecule has 0 bridgehead atoms. The number of likely N-dealkylation sites (tertiary alicyclic amines) is 1. The Hall–Kier alpha value is -1.40. The Balaban J connectivity index is 1.42. The summed E-state index contributed by atoms with van der Waals surface area (Å²) in [5, 5.41) is 0. The molecule has 1 N–H and O–H groups in total. The lowest BCUT2D eigenvalue weighted by Gasteiger charge is -2.33. The van der Waals surface area contributed by atoms with Crippen LogP contribution in [-0.4, -0.2) is 44.6 Å². The molecule has 3 fully saturated rings. The zero-order valence-electron chi connectivity index (χ0n) is 16.1. The summed E-state index contributed by atoms with van der Waals surface area (Å²) in [6.45, 7) is 1.24. The van der Waals surface area contributed by atoms with Crippen molar-refractivity contribution in [3.05, 3.63) is 35.4 Å². The summed E-state index contributed by atoms with van der Waals surface area (Å²) in [6, 6.07) is 8.55. The molecule has 3 atom stereocenters. The minimum Gasteiger partial charge on any atom is -0.341 e. The Morgan fingerprint density at radius 3 is 2.48 bits per heavy atom. The molecule has 0 radical (unpaired) electrons. The van der Waals surface area contributed by atoms with Crippen LogP contribution in [0.25, 0.3) is 0 Å². The molecule has 27 heavy (non-hydrogen) atoms. The average molecular weight is 391 g/mol. The van der Waals surface area contributed by atoms with E-state index in [9.17, 15) is 13.2 Å². The smallest absolute Gasteiger partial charge is 0.226 e. The Morgan fingerprint density at radius 2 is 1.78 bits per heavy atom. The Labute approximate surface area is 162 Å². The lowest BCUT2D eigenvalue weighted by molar-refractivity contribution is -0.133. The highest BCUT2D eigenvalue weighted by Crippen LogP contribution is 2.52. The number of hydrogen-bond donors (Lipinski definition) is 1. The molecule has 3 aliphatic rings. The van der Waals surface area contributed by atoms with E-state index < -0.39 is 10.0 Å². The van der Waals surface area contributed by atoms with Crippen LogP contribution >= 0.6 is 0 Å². The maximum Gasteiger partial charge on any atom is 0.226 e. The zero-order valence-corrected chi connectivity index (χ0v) is 16.9. The van der Waals surface area contributed by atoms with Crippen LogP contribution in [0.4, 0.5) is 0 Å². The van der Waals surface area contributed by atoms with E-state index >= 15 is 0 Å². The second-order valence-corrected chi connectivity index (χ2v) is 10.4. The largest absolute Gasteiger partial charge is 0.341 e.